The van der Waals surface area contributed by atoms with Gasteiger partial charge in [-0.25, -0.2) is 12.7 Å². The molecular formula is C18H21N3O4S. The highest BCUT2D eigenvalue weighted by atomic mass is 32.2. The van der Waals surface area contributed by atoms with Crippen LogP contribution in [0.5, 0.6) is 11.5 Å². The maximum atomic E-state index is 12.4. The number of nitrogens with zero attached hydrogens (tertiary/aromatic N) is 2. The van der Waals surface area contributed by atoms with Crippen LogP contribution in [0.15, 0.2) is 48.8 Å². The minimum absolute atomic E-state index is 0.0842. The zero-order chi connectivity index (χ0) is 18.6. The molecule has 1 fully saturated rings. The second-order valence-corrected chi connectivity index (χ2v) is 8.22. The number of piperidine rings is 1. The van der Waals surface area contributed by atoms with Crippen LogP contribution < -0.4 is 10.1 Å². The number of aromatic nitrogens is 1. The van der Waals surface area contributed by atoms with Crippen molar-refractivity contribution in [3.05, 3.63) is 48.8 Å². The standard InChI is InChI=1S/C18H21N3O4S/c1-26(23,24)21-11-8-14(9-12-21)18(22)20-15-4-6-16(7-5-15)25-17-3-2-10-19-13-17/h2-7,10,13-14H,8-9,11-12H2,1H3,(H,20,22). The van der Waals surface area contributed by atoms with Gasteiger partial charge in [0.25, 0.3) is 0 Å². The van der Waals surface area contributed by atoms with E-state index in [1.54, 1.807) is 42.7 Å². The second kappa shape index (κ2) is 7.84. The number of nitrogens with one attached hydrogen (secondary N) is 1. The first-order valence-corrected chi connectivity index (χ1v) is 10.2. The summed E-state index contributed by atoms with van der Waals surface area (Å²) in [6.07, 6.45) is 5.55. The van der Waals surface area contributed by atoms with Gasteiger partial charge < -0.3 is 10.1 Å². The predicted octanol–water partition coefficient (Wildman–Crippen LogP) is 2.48. The van der Waals surface area contributed by atoms with Crippen molar-refractivity contribution in [2.75, 3.05) is 24.7 Å². The fraction of sp³-hybridized carbons (Fsp3) is 0.333. The SMILES string of the molecule is CS(=O)(=O)N1CCC(C(=O)Nc2ccc(Oc3cccnc3)cc2)CC1. The topological polar surface area (TPSA) is 88.6 Å². The summed E-state index contributed by atoms with van der Waals surface area (Å²) in [6.45, 7) is 0.767. The maximum Gasteiger partial charge on any atom is 0.227 e. The fourth-order valence-electron chi connectivity index (χ4n) is 2.84. The van der Waals surface area contributed by atoms with Gasteiger partial charge in [-0.3, -0.25) is 9.78 Å². The molecule has 8 heteroatoms. The molecular weight excluding hydrogens is 354 g/mol. The first-order chi connectivity index (χ1) is 12.4. The number of carbonyl (C=O) groups excluding carboxylic acids is 1. The Hall–Kier alpha value is -2.45. The molecule has 0 atom stereocenters. The molecule has 0 aliphatic carbocycles. The van der Waals surface area contributed by atoms with Crippen LogP contribution in [0.4, 0.5) is 5.69 Å². The van der Waals surface area contributed by atoms with E-state index in [0.717, 1.165) is 0 Å². The number of benzene rings is 1. The van der Waals surface area contributed by atoms with Crippen molar-refractivity contribution in [2.24, 2.45) is 5.92 Å². The van der Waals surface area contributed by atoms with Gasteiger partial charge in [-0.05, 0) is 49.2 Å². The van der Waals surface area contributed by atoms with Crippen LogP contribution in [-0.2, 0) is 14.8 Å². The Morgan fingerprint density at radius 2 is 1.85 bits per heavy atom. The summed E-state index contributed by atoms with van der Waals surface area (Å²) in [4.78, 5) is 16.4. The second-order valence-electron chi connectivity index (χ2n) is 6.24. The van der Waals surface area contributed by atoms with Crippen LogP contribution >= 0.6 is 0 Å². The van der Waals surface area contributed by atoms with Crippen molar-refractivity contribution >= 4 is 21.6 Å². The number of carbonyl (C=O) groups is 1. The summed E-state index contributed by atoms with van der Waals surface area (Å²) in [5.74, 6) is 1.03. The van der Waals surface area contributed by atoms with E-state index in [1.165, 1.54) is 10.6 Å². The van der Waals surface area contributed by atoms with E-state index in [4.69, 9.17) is 4.74 Å². The Morgan fingerprint density at radius 1 is 1.15 bits per heavy atom. The third-order valence-corrected chi connectivity index (χ3v) is 5.59. The van der Waals surface area contributed by atoms with Crippen molar-refractivity contribution in [2.45, 2.75) is 12.8 Å². The Labute approximate surface area is 153 Å². The quantitative estimate of drug-likeness (QED) is 0.867. The number of amides is 1. The maximum absolute atomic E-state index is 12.4. The summed E-state index contributed by atoms with van der Waals surface area (Å²) in [7, 11) is -3.18. The van der Waals surface area contributed by atoms with Crippen molar-refractivity contribution in [3.8, 4) is 11.5 Å². The highest BCUT2D eigenvalue weighted by Gasteiger charge is 2.28. The van der Waals surface area contributed by atoms with E-state index in [9.17, 15) is 13.2 Å². The first-order valence-electron chi connectivity index (χ1n) is 8.36. The van der Waals surface area contributed by atoms with Gasteiger partial charge in [0.15, 0.2) is 0 Å². The lowest BCUT2D eigenvalue weighted by atomic mass is 9.97. The van der Waals surface area contributed by atoms with E-state index in [2.05, 4.69) is 10.3 Å². The van der Waals surface area contributed by atoms with Crippen LogP contribution in [0, 0.1) is 5.92 Å². The molecule has 0 unspecified atom stereocenters. The van der Waals surface area contributed by atoms with E-state index < -0.39 is 10.0 Å². The Kier molecular flexibility index (Phi) is 5.53. The number of sulfonamides is 1. The predicted molar refractivity (Wildman–Crippen MR) is 98.5 cm³/mol. The summed E-state index contributed by atoms with van der Waals surface area (Å²) < 4.78 is 30.1. The molecule has 26 heavy (non-hydrogen) atoms. The summed E-state index contributed by atoms with van der Waals surface area (Å²) in [5.41, 5.74) is 0.680. The molecule has 2 aromatic rings. The molecule has 0 spiro atoms. The van der Waals surface area contributed by atoms with Gasteiger partial charge in [-0.1, -0.05) is 0 Å². The first kappa shape index (κ1) is 18.3. The van der Waals surface area contributed by atoms with Crippen LogP contribution in [0.3, 0.4) is 0 Å². The largest absolute Gasteiger partial charge is 0.456 e. The molecule has 1 N–H and O–H groups in total. The number of anilines is 1. The van der Waals surface area contributed by atoms with Crippen LogP contribution in [-0.4, -0.2) is 43.0 Å². The van der Waals surface area contributed by atoms with Gasteiger partial charge in [0, 0.05) is 30.9 Å². The monoisotopic (exact) mass is 375 g/mol. The Bertz CT molecular complexity index is 846. The zero-order valence-electron chi connectivity index (χ0n) is 14.5. The van der Waals surface area contributed by atoms with Gasteiger partial charge in [0.05, 0.1) is 12.5 Å². The normalized spacial score (nSPS) is 16.2. The lowest BCUT2D eigenvalue weighted by molar-refractivity contribution is -0.120. The molecule has 1 aromatic heterocycles. The summed E-state index contributed by atoms with van der Waals surface area (Å²) >= 11 is 0. The minimum atomic E-state index is -3.18. The van der Waals surface area contributed by atoms with Crippen LogP contribution in [0.25, 0.3) is 0 Å². The van der Waals surface area contributed by atoms with Gasteiger partial charge >= 0.3 is 0 Å². The molecule has 0 bridgehead atoms. The molecule has 1 aromatic carbocycles. The van der Waals surface area contributed by atoms with Crippen molar-refractivity contribution < 1.29 is 17.9 Å². The average molecular weight is 375 g/mol. The summed E-state index contributed by atoms with van der Waals surface area (Å²) in [5, 5.41) is 2.88. The molecule has 1 amide bonds. The number of hydrogen-bond donors (Lipinski definition) is 1. The van der Waals surface area contributed by atoms with E-state index in [-0.39, 0.29) is 11.8 Å². The molecule has 1 aliphatic rings. The Morgan fingerprint density at radius 3 is 2.42 bits per heavy atom. The van der Waals surface area contributed by atoms with E-state index in [1.807, 2.05) is 6.07 Å². The molecule has 1 aliphatic heterocycles. The van der Waals surface area contributed by atoms with E-state index >= 15 is 0 Å². The smallest absolute Gasteiger partial charge is 0.227 e. The third kappa shape index (κ3) is 4.80. The molecule has 2 heterocycles. The van der Waals surface area contributed by atoms with Crippen molar-refractivity contribution in [1.29, 1.82) is 0 Å². The number of pyridine rings is 1. The number of ether oxygens (including phenoxy) is 1. The minimum Gasteiger partial charge on any atom is -0.456 e. The van der Waals surface area contributed by atoms with Gasteiger partial charge in [0.2, 0.25) is 15.9 Å². The molecule has 1 saturated heterocycles. The van der Waals surface area contributed by atoms with Crippen molar-refractivity contribution in [3.63, 3.8) is 0 Å². The highest BCUT2D eigenvalue weighted by molar-refractivity contribution is 7.88. The molecule has 138 valence electrons. The van der Waals surface area contributed by atoms with Crippen molar-refractivity contribution in [1.82, 2.24) is 9.29 Å². The number of hydrogen-bond acceptors (Lipinski definition) is 5. The fourth-order valence-corrected chi connectivity index (χ4v) is 3.72. The Balaban J connectivity index is 1.53. The van der Waals surface area contributed by atoms with Crippen LogP contribution in [0.1, 0.15) is 12.8 Å². The lowest BCUT2D eigenvalue weighted by Gasteiger charge is -2.29. The third-order valence-electron chi connectivity index (χ3n) is 4.29. The van der Waals surface area contributed by atoms with Gasteiger partial charge in [0.1, 0.15) is 11.5 Å². The molecule has 0 radical (unpaired) electrons. The molecule has 7 nitrogen and oxygen atoms in total. The molecule has 3 rings (SSSR count). The number of rotatable bonds is 5. The molecule has 0 saturated carbocycles. The van der Waals surface area contributed by atoms with Crippen LogP contribution in [0.2, 0.25) is 0 Å². The zero-order valence-corrected chi connectivity index (χ0v) is 15.3. The summed E-state index contributed by atoms with van der Waals surface area (Å²) in [6, 6.07) is 10.7. The van der Waals surface area contributed by atoms with Gasteiger partial charge in [-0.2, -0.15) is 0 Å². The van der Waals surface area contributed by atoms with E-state index in [0.29, 0.717) is 43.1 Å². The van der Waals surface area contributed by atoms with Gasteiger partial charge in [-0.15, -0.1) is 0 Å². The average Bonchev–Trinajstić information content (AvgIpc) is 2.63. The highest BCUT2D eigenvalue weighted by Crippen LogP contribution is 2.24. The lowest BCUT2D eigenvalue weighted by Crippen LogP contribution is -2.40.